The van der Waals surface area contributed by atoms with Gasteiger partial charge in [0.2, 0.25) is 18.2 Å². The standard InChI is InChI=1S/C13H20N4O3/c1-4-8(2)11-13(19)17(9(3)12(18)15-11)6-5-10-14-7-20-16-10/h7-9,11H,4-6H2,1-3H3,(H,15,18). The minimum atomic E-state index is -0.463. The number of hydrogen-bond acceptors (Lipinski definition) is 5. The Labute approximate surface area is 117 Å². The van der Waals surface area contributed by atoms with Gasteiger partial charge in [0.05, 0.1) is 0 Å². The Morgan fingerprint density at radius 3 is 2.85 bits per heavy atom. The fraction of sp³-hybridized carbons (Fsp3) is 0.692. The van der Waals surface area contributed by atoms with Crippen LogP contribution in [0, 0.1) is 5.92 Å². The summed E-state index contributed by atoms with van der Waals surface area (Å²) in [6.07, 6.45) is 2.57. The van der Waals surface area contributed by atoms with E-state index < -0.39 is 12.1 Å². The number of nitrogens with zero attached hydrogens (tertiary/aromatic N) is 3. The maximum atomic E-state index is 12.5. The zero-order valence-electron chi connectivity index (χ0n) is 12.0. The molecule has 2 rings (SSSR count). The van der Waals surface area contributed by atoms with Gasteiger partial charge in [-0.25, -0.2) is 0 Å². The highest BCUT2D eigenvalue weighted by atomic mass is 16.5. The number of nitrogens with one attached hydrogen (secondary N) is 1. The number of carbonyl (C=O) groups excluding carboxylic acids is 2. The normalized spacial score (nSPS) is 24.6. The van der Waals surface area contributed by atoms with Crippen LogP contribution >= 0.6 is 0 Å². The first-order chi connectivity index (χ1) is 9.54. The van der Waals surface area contributed by atoms with Crippen molar-refractivity contribution in [2.45, 2.75) is 45.7 Å². The van der Waals surface area contributed by atoms with Crippen LogP contribution in [0.3, 0.4) is 0 Å². The quantitative estimate of drug-likeness (QED) is 0.842. The van der Waals surface area contributed by atoms with E-state index in [2.05, 4.69) is 20.0 Å². The van der Waals surface area contributed by atoms with Crippen molar-refractivity contribution < 1.29 is 14.1 Å². The fourth-order valence-corrected chi connectivity index (χ4v) is 2.29. The molecule has 0 aliphatic carbocycles. The van der Waals surface area contributed by atoms with Gasteiger partial charge in [0.25, 0.3) is 0 Å². The van der Waals surface area contributed by atoms with Crippen LogP contribution in [0.5, 0.6) is 0 Å². The monoisotopic (exact) mass is 280 g/mol. The Hall–Kier alpha value is -1.92. The Bertz CT molecular complexity index is 474. The average molecular weight is 280 g/mol. The Morgan fingerprint density at radius 2 is 2.25 bits per heavy atom. The van der Waals surface area contributed by atoms with Crippen molar-refractivity contribution in [2.75, 3.05) is 6.54 Å². The Kier molecular flexibility index (Phi) is 4.36. The first-order valence-electron chi connectivity index (χ1n) is 6.90. The van der Waals surface area contributed by atoms with E-state index in [0.29, 0.717) is 18.8 Å². The van der Waals surface area contributed by atoms with E-state index in [0.717, 1.165) is 6.42 Å². The molecule has 110 valence electrons. The van der Waals surface area contributed by atoms with E-state index in [1.165, 1.54) is 6.39 Å². The maximum Gasteiger partial charge on any atom is 0.246 e. The molecule has 7 nitrogen and oxygen atoms in total. The zero-order valence-corrected chi connectivity index (χ0v) is 12.0. The van der Waals surface area contributed by atoms with Gasteiger partial charge in [-0.2, -0.15) is 4.98 Å². The molecule has 1 fully saturated rings. The van der Waals surface area contributed by atoms with Crippen molar-refractivity contribution in [2.24, 2.45) is 5.92 Å². The molecule has 1 saturated heterocycles. The van der Waals surface area contributed by atoms with Crippen molar-refractivity contribution >= 4 is 11.8 Å². The molecule has 0 radical (unpaired) electrons. The summed E-state index contributed by atoms with van der Waals surface area (Å²) in [7, 11) is 0. The van der Waals surface area contributed by atoms with Crippen molar-refractivity contribution in [3.05, 3.63) is 12.2 Å². The summed E-state index contributed by atoms with van der Waals surface area (Å²) in [5, 5.41) is 6.53. The van der Waals surface area contributed by atoms with Crippen LogP contribution in [0.15, 0.2) is 10.9 Å². The third kappa shape index (κ3) is 2.81. The summed E-state index contributed by atoms with van der Waals surface area (Å²) in [4.78, 5) is 30.0. The second kappa shape index (κ2) is 6.02. The molecule has 1 aliphatic heterocycles. The predicted octanol–water partition coefficient (Wildman–Crippen LogP) is 0.374. The lowest BCUT2D eigenvalue weighted by atomic mass is 9.94. The molecule has 1 aromatic rings. The van der Waals surface area contributed by atoms with E-state index in [4.69, 9.17) is 0 Å². The SMILES string of the molecule is CCC(C)C1NC(=O)C(C)N(CCc2ncon2)C1=O. The van der Waals surface area contributed by atoms with Gasteiger partial charge in [-0.1, -0.05) is 25.4 Å². The van der Waals surface area contributed by atoms with E-state index >= 15 is 0 Å². The molecule has 3 unspecified atom stereocenters. The summed E-state index contributed by atoms with van der Waals surface area (Å²) in [6, 6.07) is -0.899. The molecule has 1 aliphatic rings. The number of piperazine rings is 1. The lowest BCUT2D eigenvalue weighted by Gasteiger charge is -2.39. The van der Waals surface area contributed by atoms with E-state index in [1.54, 1.807) is 11.8 Å². The molecule has 2 heterocycles. The summed E-state index contributed by atoms with van der Waals surface area (Å²) in [6.45, 7) is 6.12. The molecule has 0 aromatic carbocycles. The van der Waals surface area contributed by atoms with Crippen molar-refractivity contribution in [1.29, 1.82) is 0 Å². The third-order valence-electron chi connectivity index (χ3n) is 3.89. The first-order valence-corrected chi connectivity index (χ1v) is 6.90. The summed E-state index contributed by atoms with van der Waals surface area (Å²) < 4.78 is 4.66. The highest BCUT2D eigenvalue weighted by Gasteiger charge is 2.39. The second-order valence-corrected chi connectivity index (χ2v) is 5.18. The van der Waals surface area contributed by atoms with Gasteiger partial charge in [0, 0.05) is 13.0 Å². The minimum absolute atomic E-state index is 0.0325. The predicted molar refractivity (Wildman–Crippen MR) is 70.6 cm³/mol. The van der Waals surface area contributed by atoms with Crippen LogP contribution in [0.25, 0.3) is 0 Å². The molecule has 0 spiro atoms. The molecule has 1 N–H and O–H groups in total. The van der Waals surface area contributed by atoms with E-state index in [9.17, 15) is 9.59 Å². The van der Waals surface area contributed by atoms with E-state index in [1.807, 2.05) is 13.8 Å². The maximum absolute atomic E-state index is 12.5. The number of amides is 2. The molecule has 7 heteroatoms. The fourth-order valence-electron chi connectivity index (χ4n) is 2.29. The molecule has 20 heavy (non-hydrogen) atoms. The van der Waals surface area contributed by atoms with Gasteiger partial charge in [-0.15, -0.1) is 0 Å². The van der Waals surface area contributed by atoms with Crippen LogP contribution in [-0.4, -0.2) is 45.5 Å². The van der Waals surface area contributed by atoms with Gasteiger partial charge in [-0.05, 0) is 12.8 Å². The number of rotatable bonds is 5. The van der Waals surface area contributed by atoms with Crippen molar-refractivity contribution in [1.82, 2.24) is 20.4 Å². The smallest absolute Gasteiger partial charge is 0.246 e. The summed E-state index contributed by atoms with van der Waals surface area (Å²) in [5.74, 6) is 0.514. The highest BCUT2D eigenvalue weighted by molar-refractivity contribution is 5.96. The second-order valence-electron chi connectivity index (χ2n) is 5.18. The van der Waals surface area contributed by atoms with Crippen LogP contribution in [0.2, 0.25) is 0 Å². The average Bonchev–Trinajstić information content (AvgIpc) is 2.95. The van der Waals surface area contributed by atoms with Gasteiger partial charge in [0.15, 0.2) is 5.82 Å². The number of carbonyl (C=O) groups is 2. The van der Waals surface area contributed by atoms with Gasteiger partial charge < -0.3 is 14.7 Å². The number of aromatic nitrogens is 2. The van der Waals surface area contributed by atoms with Crippen LogP contribution in [0.1, 0.15) is 33.0 Å². The lowest BCUT2D eigenvalue weighted by Crippen LogP contribution is -2.64. The molecule has 1 aromatic heterocycles. The van der Waals surface area contributed by atoms with E-state index in [-0.39, 0.29) is 17.7 Å². The van der Waals surface area contributed by atoms with Crippen molar-refractivity contribution in [3.63, 3.8) is 0 Å². The molecule has 0 saturated carbocycles. The number of hydrogen-bond donors (Lipinski definition) is 1. The third-order valence-corrected chi connectivity index (χ3v) is 3.89. The largest absolute Gasteiger partial charge is 0.343 e. The van der Waals surface area contributed by atoms with Crippen molar-refractivity contribution in [3.8, 4) is 0 Å². The van der Waals surface area contributed by atoms with Gasteiger partial charge in [-0.3, -0.25) is 9.59 Å². The first kappa shape index (κ1) is 14.5. The Balaban J connectivity index is 2.07. The molecular formula is C13H20N4O3. The van der Waals surface area contributed by atoms with Gasteiger partial charge in [0.1, 0.15) is 12.1 Å². The Morgan fingerprint density at radius 1 is 1.50 bits per heavy atom. The topological polar surface area (TPSA) is 88.3 Å². The van der Waals surface area contributed by atoms with Gasteiger partial charge >= 0.3 is 0 Å². The highest BCUT2D eigenvalue weighted by Crippen LogP contribution is 2.18. The molecular weight excluding hydrogens is 260 g/mol. The van der Waals surface area contributed by atoms with Crippen LogP contribution in [-0.2, 0) is 16.0 Å². The zero-order chi connectivity index (χ0) is 14.7. The minimum Gasteiger partial charge on any atom is -0.343 e. The molecule has 2 amide bonds. The summed E-state index contributed by atoms with van der Waals surface area (Å²) in [5.41, 5.74) is 0. The molecule has 3 atom stereocenters. The lowest BCUT2D eigenvalue weighted by molar-refractivity contribution is -0.150. The van der Waals surface area contributed by atoms with Crippen LogP contribution in [0.4, 0.5) is 0 Å². The summed E-state index contributed by atoms with van der Waals surface area (Å²) >= 11 is 0. The van der Waals surface area contributed by atoms with Crippen LogP contribution < -0.4 is 5.32 Å². The molecule has 0 bridgehead atoms.